The molecule has 0 saturated carbocycles. The molecule has 2 amide bonds. The van der Waals surface area contributed by atoms with Crippen molar-refractivity contribution in [3.63, 3.8) is 0 Å². The van der Waals surface area contributed by atoms with Crippen LogP contribution >= 0.6 is 0 Å². The molecule has 20 heavy (non-hydrogen) atoms. The number of benzene rings is 1. The SMILES string of the molecule is CCCC(=O)OC1CCC(NC(N)=O)c2ccccc21. The maximum atomic E-state index is 11.7. The molecule has 0 fully saturated rings. The molecule has 108 valence electrons. The molecular weight excluding hydrogens is 256 g/mol. The topological polar surface area (TPSA) is 81.4 Å². The molecule has 2 rings (SSSR count). The first-order valence-electron chi connectivity index (χ1n) is 6.96. The van der Waals surface area contributed by atoms with Crippen molar-refractivity contribution in [2.45, 2.75) is 44.8 Å². The molecule has 0 heterocycles. The molecule has 0 spiro atoms. The van der Waals surface area contributed by atoms with E-state index in [0.717, 1.165) is 17.5 Å². The van der Waals surface area contributed by atoms with Crippen molar-refractivity contribution in [3.05, 3.63) is 35.4 Å². The Morgan fingerprint density at radius 2 is 2.00 bits per heavy atom. The molecule has 2 unspecified atom stereocenters. The third-order valence-electron chi connectivity index (χ3n) is 3.48. The molecule has 1 aromatic rings. The van der Waals surface area contributed by atoms with Gasteiger partial charge in [0.1, 0.15) is 6.10 Å². The summed E-state index contributed by atoms with van der Waals surface area (Å²) in [6.45, 7) is 1.95. The predicted octanol–water partition coefficient (Wildman–Crippen LogP) is 2.57. The number of primary amides is 1. The zero-order valence-electron chi connectivity index (χ0n) is 11.6. The summed E-state index contributed by atoms with van der Waals surface area (Å²) in [5.41, 5.74) is 7.14. The van der Waals surface area contributed by atoms with Gasteiger partial charge in [0, 0.05) is 6.42 Å². The largest absolute Gasteiger partial charge is 0.457 e. The van der Waals surface area contributed by atoms with E-state index in [4.69, 9.17) is 10.5 Å². The Kier molecular flexibility index (Phi) is 4.61. The van der Waals surface area contributed by atoms with Gasteiger partial charge in [0.15, 0.2) is 0 Å². The van der Waals surface area contributed by atoms with Crippen molar-refractivity contribution >= 4 is 12.0 Å². The van der Waals surface area contributed by atoms with Gasteiger partial charge < -0.3 is 15.8 Å². The first-order chi connectivity index (χ1) is 9.61. The maximum Gasteiger partial charge on any atom is 0.312 e. The monoisotopic (exact) mass is 276 g/mol. The van der Waals surface area contributed by atoms with Crippen molar-refractivity contribution in [2.75, 3.05) is 0 Å². The van der Waals surface area contributed by atoms with Crippen LogP contribution in [0.4, 0.5) is 4.79 Å². The van der Waals surface area contributed by atoms with Crippen molar-refractivity contribution in [1.29, 1.82) is 0 Å². The van der Waals surface area contributed by atoms with E-state index in [-0.39, 0.29) is 18.1 Å². The van der Waals surface area contributed by atoms with Crippen LogP contribution in [0.5, 0.6) is 0 Å². The van der Waals surface area contributed by atoms with Crippen LogP contribution in [0.15, 0.2) is 24.3 Å². The smallest absolute Gasteiger partial charge is 0.312 e. The van der Waals surface area contributed by atoms with Gasteiger partial charge >= 0.3 is 12.0 Å². The van der Waals surface area contributed by atoms with E-state index in [1.807, 2.05) is 31.2 Å². The lowest BCUT2D eigenvalue weighted by Crippen LogP contribution is -2.36. The summed E-state index contributed by atoms with van der Waals surface area (Å²) in [4.78, 5) is 22.7. The number of esters is 1. The van der Waals surface area contributed by atoms with E-state index in [1.54, 1.807) is 0 Å². The summed E-state index contributed by atoms with van der Waals surface area (Å²) < 4.78 is 5.53. The Balaban J connectivity index is 2.18. The van der Waals surface area contributed by atoms with Gasteiger partial charge in [-0.2, -0.15) is 0 Å². The highest BCUT2D eigenvalue weighted by molar-refractivity contribution is 5.72. The fourth-order valence-electron chi connectivity index (χ4n) is 2.62. The number of hydrogen-bond donors (Lipinski definition) is 2. The second kappa shape index (κ2) is 6.41. The number of carbonyl (C=O) groups excluding carboxylic acids is 2. The zero-order valence-corrected chi connectivity index (χ0v) is 11.6. The van der Waals surface area contributed by atoms with Crippen molar-refractivity contribution in [1.82, 2.24) is 5.32 Å². The minimum atomic E-state index is -0.536. The molecule has 1 aliphatic rings. The first kappa shape index (κ1) is 14.4. The molecule has 2 atom stereocenters. The second-order valence-corrected chi connectivity index (χ2v) is 5.00. The highest BCUT2D eigenvalue weighted by Crippen LogP contribution is 2.38. The Morgan fingerprint density at radius 3 is 2.65 bits per heavy atom. The molecule has 5 nitrogen and oxygen atoms in total. The summed E-state index contributed by atoms with van der Waals surface area (Å²) >= 11 is 0. The van der Waals surface area contributed by atoms with Gasteiger partial charge in [0.25, 0.3) is 0 Å². The number of nitrogens with two attached hydrogens (primary N) is 1. The number of ether oxygens (including phenoxy) is 1. The minimum absolute atomic E-state index is 0.107. The lowest BCUT2D eigenvalue weighted by atomic mass is 9.85. The highest BCUT2D eigenvalue weighted by Gasteiger charge is 2.29. The molecular formula is C15H20N2O3. The molecule has 1 aromatic carbocycles. The quantitative estimate of drug-likeness (QED) is 0.829. The molecule has 0 saturated heterocycles. The van der Waals surface area contributed by atoms with Crippen LogP contribution in [0, 0.1) is 0 Å². The van der Waals surface area contributed by atoms with Crippen molar-refractivity contribution < 1.29 is 14.3 Å². The van der Waals surface area contributed by atoms with Crippen molar-refractivity contribution in [2.24, 2.45) is 5.73 Å². The van der Waals surface area contributed by atoms with Gasteiger partial charge in [0.2, 0.25) is 0 Å². The van der Waals surface area contributed by atoms with Gasteiger partial charge in [0.05, 0.1) is 6.04 Å². The standard InChI is InChI=1S/C15H20N2O3/c1-2-5-14(18)20-13-9-8-12(17-15(16)19)10-6-3-4-7-11(10)13/h3-4,6-7,12-13H,2,5,8-9H2,1H3,(H3,16,17,19). The van der Waals surface area contributed by atoms with Gasteiger partial charge in [-0.3, -0.25) is 4.79 Å². The Morgan fingerprint density at radius 1 is 1.30 bits per heavy atom. The van der Waals surface area contributed by atoms with Gasteiger partial charge in [-0.15, -0.1) is 0 Å². The first-order valence-corrected chi connectivity index (χ1v) is 6.96. The van der Waals surface area contributed by atoms with Crippen LogP contribution in [-0.4, -0.2) is 12.0 Å². The molecule has 0 aromatic heterocycles. The van der Waals surface area contributed by atoms with Crippen LogP contribution < -0.4 is 11.1 Å². The molecule has 0 aliphatic heterocycles. The fourth-order valence-corrected chi connectivity index (χ4v) is 2.62. The number of hydrogen-bond acceptors (Lipinski definition) is 3. The van der Waals surface area contributed by atoms with E-state index in [2.05, 4.69) is 5.32 Å². The van der Waals surface area contributed by atoms with Gasteiger partial charge in [-0.25, -0.2) is 4.79 Å². The molecule has 5 heteroatoms. The summed E-state index contributed by atoms with van der Waals surface area (Å²) in [5, 5.41) is 2.74. The third kappa shape index (κ3) is 3.29. The summed E-state index contributed by atoms with van der Waals surface area (Å²) in [6, 6.07) is 7.05. The Hall–Kier alpha value is -2.04. The van der Waals surface area contributed by atoms with Crippen LogP contribution in [0.1, 0.15) is 55.9 Å². The normalized spacial score (nSPS) is 20.9. The van der Waals surface area contributed by atoms with E-state index >= 15 is 0 Å². The molecule has 1 aliphatic carbocycles. The minimum Gasteiger partial charge on any atom is -0.457 e. The lowest BCUT2D eigenvalue weighted by molar-refractivity contribution is -0.150. The number of fused-ring (bicyclic) bond motifs is 1. The predicted molar refractivity (Wildman–Crippen MR) is 74.9 cm³/mol. The van der Waals surface area contributed by atoms with E-state index < -0.39 is 6.03 Å². The molecule has 0 bridgehead atoms. The van der Waals surface area contributed by atoms with Gasteiger partial charge in [-0.1, -0.05) is 31.2 Å². The second-order valence-electron chi connectivity index (χ2n) is 5.00. The maximum absolute atomic E-state index is 11.7. The van der Waals surface area contributed by atoms with E-state index in [9.17, 15) is 9.59 Å². The summed E-state index contributed by atoms with van der Waals surface area (Å²) in [6.07, 6.45) is 2.39. The lowest BCUT2D eigenvalue weighted by Gasteiger charge is -2.31. The van der Waals surface area contributed by atoms with E-state index in [0.29, 0.717) is 19.3 Å². The Labute approximate surface area is 118 Å². The average molecular weight is 276 g/mol. The van der Waals surface area contributed by atoms with Crippen LogP contribution in [-0.2, 0) is 9.53 Å². The summed E-state index contributed by atoms with van der Waals surface area (Å²) in [7, 11) is 0. The number of urea groups is 1. The fraction of sp³-hybridized carbons (Fsp3) is 0.467. The number of carbonyl (C=O) groups is 2. The number of rotatable bonds is 4. The zero-order chi connectivity index (χ0) is 14.5. The number of nitrogens with one attached hydrogen (secondary N) is 1. The molecule has 0 radical (unpaired) electrons. The van der Waals surface area contributed by atoms with Crippen LogP contribution in [0.3, 0.4) is 0 Å². The molecule has 3 N–H and O–H groups in total. The third-order valence-corrected chi connectivity index (χ3v) is 3.48. The van der Waals surface area contributed by atoms with Crippen molar-refractivity contribution in [3.8, 4) is 0 Å². The Bertz CT molecular complexity index is 502. The average Bonchev–Trinajstić information content (AvgIpc) is 2.41. The highest BCUT2D eigenvalue weighted by atomic mass is 16.5. The summed E-state index contributed by atoms with van der Waals surface area (Å²) in [5.74, 6) is -0.173. The van der Waals surface area contributed by atoms with Gasteiger partial charge in [-0.05, 0) is 30.4 Å². The number of amides is 2. The van der Waals surface area contributed by atoms with E-state index in [1.165, 1.54) is 0 Å². The van der Waals surface area contributed by atoms with Crippen LogP contribution in [0.25, 0.3) is 0 Å². The van der Waals surface area contributed by atoms with Crippen LogP contribution in [0.2, 0.25) is 0 Å².